The fourth-order valence-corrected chi connectivity index (χ4v) is 2.24. The Hall–Kier alpha value is -1.00. The maximum absolute atomic E-state index is 11.6. The van der Waals surface area contributed by atoms with Crippen molar-refractivity contribution in [2.45, 2.75) is 5.37 Å². The van der Waals surface area contributed by atoms with Crippen LogP contribution in [0.5, 0.6) is 0 Å². The first kappa shape index (κ1) is 9.55. The summed E-state index contributed by atoms with van der Waals surface area (Å²) in [5.41, 5.74) is 0.854. The van der Waals surface area contributed by atoms with Gasteiger partial charge in [0.25, 0.3) is 5.91 Å². The Kier molecular flexibility index (Phi) is 3.06. The van der Waals surface area contributed by atoms with Gasteiger partial charge in [-0.15, -0.1) is 11.8 Å². The van der Waals surface area contributed by atoms with Crippen molar-refractivity contribution in [3.05, 3.63) is 30.3 Å². The van der Waals surface area contributed by atoms with E-state index in [-0.39, 0.29) is 11.3 Å². The fourth-order valence-electron chi connectivity index (χ4n) is 1.32. The highest BCUT2D eigenvalue weighted by Gasteiger charge is 2.22. The maximum atomic E-state index is 11.6. The van der Waals surface area contributed by atoms with Crippen molar-refractivity contribution in [3.8, 4) is 0 Å². The molecule has 1 saturated heterocycles. The predicted octanol–water partition coefficient (Wildman–Crippen LogP) is 1.29. The number of carbonyl (C=O) groups is 1. The first-order chi connectivity index (χ1) is 6.86. The number of benzene rings is 1. The van der Waals surface area contributed by atoms with Crippen LogP contribution >= 0.6 is 11.8 Å². The second-order valence-electron chi connectivity index (χ2n) is 3.06. The molecule has 0 saturated carbocycles. The Morgan fingerprint density at radius 3 is 2.86 bits per heavy atom. The number of hydrogen-bond donors (Lipinski definition) is 2. The molecule has 0 aliphatic carbocycles. The number of rotatable bonds is 2. The predicted molar refractivity (Wildman–Crippen MR) is 59.3 cm³/mol. The van der Waals surface area contributed by atoms with Gasteiger partial charge in [-0.1, -0.05) is 18.2 Å². The highest BCUT2D eigenvalue weighted by molar-refractivity contribution is 8.00. The van der Waals surface area contributed by atoms with Gasteiger partial charge in [0, 0.05) is 18.0 Å². The van der Waals surface area contributed by atoms with Crippen molar-refractivity contribution < 1.29 is 4.79 Å². The molecular weight excluding hydrogens is 196 g/mol. The summed E-state index contributed by atoms with van der Waals surface area (Å²) in [5.74, 6) is 1.05. The first-order valence-electron chi connectivity index (χ1n) is 4.57. The van der Waals surface area contributed by atoms with E-state index in [0.29, 0.717) is 0 Å². The Labute approximate surface area is 87.3 Å². The maximum Gasteiger partial charge on any atom is 0.251 e. The topological polar surface area (TPSA) is 41.1 Å². The van der Waals surface area contributed by atoms with Gasteiger partial charge in [-0.05, 0) is 12.1 Å². The molecule has 4 heteroatoms. The lowest BCUT2D eigenvalue weighted by molar-refractivity contribution is -0.116. The lowest BCUT2D eigenvalue weighted by atomic mass is 10.3. The monoisotopic (exact) mass is 208 g/mol. The van der Waals surface area contributed by atoms with E-state index in [1.54, 1.807) is 11.8 Å². The van der Waals surface area contributed by atoms with E-state index in [9.17, 15) is 4.79 Å². The molecule has 14 heavy (non-hydrogen) atoms. The third-order valence-corrected chi connectivity index (χ3v) is 3.15. The lowest BCUT2D eigenvalue weighted by Crippen LogP contribution is -2.33. The van der Waals surface area contributed by atoms with Gasteiger partial charge in [0.2, 0.25) is 0 Å². The number of amides is 1. The molecule has 2 N–H and O–H groups in total. The van der Waals surface area contributed by atoms with E-state index in [1.165, 1.54) is 0 Å². The van der Waals surface area contributed by atoms with Gasteiger partial charge in [0.15, 0.2) is 0 Å². The third kappa shape index (κ3) is 2.27. The van der Waals surface area contributed by atoms with Crippen LogP contribution in [0, 0.1) is 0 Å². The first-order valence-corrected chi connectivity index (χ1v) is 5.62. The summed E-state index contributed by atoms with van der Waals surface area (Å²) in [7, 11) is 0. The van der Waals surface area contributed by atoms with Crippen LogP contribution in [0.1, 0.15) is 0 Å². The summed E-state index contributed by atoms with van der Waals surface area (Å²) in [6, 6.07) is 9.52. The molecule has 1 fully saturated rings. The van der Waals surface area contributed by atoms with Gasteiger partial charge < -0.3 is 5.32 Å². The largest absolute Gasteiger partial charge is 0.324 e. The SMILES string of the molecule is O=C(Nc1ccccc1)C1NCCS1. The summed E-state index contributed by atoms with van der Waals surface area (Å²) in [6.45, 7) is 0.914. The van der Waals surface area contributed by atoms with Crippen molar-refractivity contribution in [3.63, 3.8) is 0 Å². The van der Waals surface area contributed by atoms with Crippen molar-refractivity contribution in [2.24, 2.45) is 0 Å². The second-order valence-corrected chi connectivity index (χ2v) is 4.27. The standard InChI is InChI=1S/C10H12N2OS/c13-9(10-11-6-7-14-10)12-8-4-2-1-3-5-8/h1-5,10-11H,6-7H2,(H,12,13). The highest BCUT2D eigenvalue weighted by Crippen LogP contribution is 2.15. The molecule has 2 rings (SSSR count). The molecule has 74 valence electrons. The van der Waals surface area contributed by atoms with E-state index in [1.807, 2.05) is 30.3 Å². The number of thioether (sulfide) groups is 1. The van der Waals surface area contributed by atoms with Crippen molar-refractivity contribution in [1.29, 1.82) is 0 Å². The fraction of sp³-hybridized carbons (Fsp3) is 0.300. The van der Waals surface area contributed by atoms with Gasteiger partial charge >= 0.3 is 0 Å². The quantitative estimate of drug-likeness (QED) is 0.769. The minimum absolute atomic E-state index is 0.0405. The van der Waals surface area contributed by atoms with E-state index < -0.39 is 0 Å². The molecule has 0 spiro atoms. The molecule has 1 aliphatic rings. The average Bonchev–Trinajstić information content (AvgIpc) is 2.72. The van der Waals surface area contributed by atoms with E-state index >= 15 is 0 Å². The van der Waals surface area contributed by atoms with Gasteiger partial charge in [0.1, 0.15) is 5.37 Å². The Morgan fingerprint density at radius 2 is 2.21 bits per heavy atom. The van der Waals surface area contributed by atoms with Crippen LogP contribution in [-0.2, 0) is 4.79 Å². The number of carbonyl (C=O) groups excluding carboxylic acids is 1. The number of anilines is 1. The van der Waals surface area contributed by atoms with Crippen molar-refractivity contribution >= 4 is 23.4 Å². The second kappa shape index (κ2) is 4.48. The molecule has 1 aromatic rings. The molecule has 1 aliphatic heterocycles. The minimum atomic E-state index is -0.0878. The third-order valence-electron chi connectivity index (χ3n) is 2.00. The van der Waals surface area contributed by atoms with Crippen LogP contribution in [0.3, 0.4) is 0 Å². The summed E-state index contributed by atoms with van der Waals surface area (Å²) in [6.07, 6.45) is 0. The minimum Gasteiger partial charge on any atom is -0.324 e. The molecule has 3 nitrogen and oxygen atoms in total. The number of hydrogen-bond acceptors (Lipinski definition) is 3. The molecular formula is C10H12N2OS. The zero-order valence-electron chi connectivity index (χ0n) is 7.69. The molecule has 0 radical (unpaired) electrons. The highest BCUT2D eigenvalue weighted by atomic mass is 32.2. The molecule has 1 amide bonds. The zero-order valence-corrected chi connectivity index (χ0v) is 8.51. The summed E-state index contributed by atoms with van der Waals surface area (Å²) in [4.78, 5) is 11.6. The van der Waals surface area contributed by atoms with E-state index in [4.69, 9.17) is 0 Å². The van der Waals surface area contributed by atoms with Crippen LogP contribution in [0.15, 0.2) is 30.3 Å². The van der Waals surface area contributed by atoms with Crippen LogP contribution in [0.2, 0.25) is 0 Å². The molecule has 0 aromatic heterocycles. The molecule has 0 bridgehead atoms. The Bertz CT molecular complexity index is 309. The summed E-state index contributed by atoms with van der Waals surface area (Å²) < 4.78 is 0. The normalized spacial score (nSPS) is 20.7. The van der Waals surface area contributed by atoms with Gasteiger partial charge in [0.05, 0.1) is 0 Å². The molecule has 1 unspecified atom stereocenters. The van der Waals surface area contributed by atoms with Crippen LogP contribution < -0.4 is 10.6 Å². The van der Waals surface area contributed by atoms with E-state index in [0.717, 1.165) is 18.0 Å². The Morgan fingerprint density at radius 1 is 1.43 bits per heavy atom. The Balaban J connectivity index is 1.94. The zero-order chi connectivity index (χ0) is 9.80. The molecule has 1 heterocycles. The summed E-state index contributed by atoms with van der Waals surface area (Å²) in [5, 5.41) is 5.90. The van der Waals surface area contributed by atoms with Crippen molar-refractivity contribution in [1.82, 2.24) is 5.32 Å². The van der Waals surface area contributed by atoms with Crippen LogP contribution in [0.4, 0.5) is 5.69 Å². The molecule has 1 atom stereocenters. The van der Waals surface area contributed by atoms with Gasteiger partial charge in [-0.2, -0.15) is 0 Å². The summed E-state index contributed by atoms with van der Waals surface area (Å²) >= 11 is 1.65. The lowest BCUT2D eigenvalue weighted by Gasteiger charge is -2.09. The molecule has 1 aromatic carbocycles. The van der Waals surface area contributed by atoms with Crippen molar-refractivity contribution in [2.75, 3.05) is 17.6 Å². The van der Waals surface area contributed by atoms with Gasteiger partial charge in [-0.3, -0.25) is 10.1 Å². The average molecular weight is 208 g/mol. The number of para-hydroxylation sites is 1. The van der Waals surface area contributed by atoms with Crippen LogP contribution in [0.25, 0.3) is 0 Å². The smallest absolute Gasteiger partial charge is 0.251 e. The van der Waals surface area contributed by atoms with Gasteiger partial charge in [-0.25, -0.2) is 0 Å². The van der Waals surface area contributed by atoms with Crippen LogP contribution in [-0.4, -0.2) is 23.6 Å². The number of nitrogens with one attached hydrogen (secondary N) is 2. The van der Waals surface area contributed by atoms with E-state index in [2.05, 4.69) is 10.6 Å².